The average Bonchev–Trinajstić information content (AvgIpc) is 3.33. The van der Waals surface area contributed by atoms with Crippen LogP contribution < -0.4 is 4.74 Å². The average molecular weight is 480 g/mol. The minimum atomic E-state index is 0.630. The second-order valence-corrected chi connectivity index (χ2v) is 9.97. The highest BCUT2D eigenvalue weighted by atomic mass is 32.1. The Morgan fingerprint density at radius 1 is 0.472 bits per heavy atom. The van der Waals surface area contributed by atoms with Gasteiger partial charge in [-0.1, -0.05) is 78.9 Å². The van der Waals surface area contributed by atoms with Crippen LogP contribution in [0, 0.1) is 0 Å². The second-order valence-electron chi connectivity index (χ2n) is 8.88. The predicted octanol–water partition coefficient (Wildman–Crippen LogP) is 8.50. The van der Waals surface area contributed by atoms with Gasteiger partial charge in [-0.3, -0.25) is 0 Å². The normalized spacial score (nSPS) is 12.1. The molecule has 168 valence electrons. The van der Waals surface area contributed by atoms with Crippen molar-refractivity contribution in [2.24, 2.45) is 0 Å². The molecule has 0 bridgehead atoms. The Hall–Kier alpha value is -4.61. The molecular weight excluding hydrogens is 462 g/mol. The van der Waals surface area contributed by atoms with E-state index in [9.17, 15) is 0 Å². The minimum absolute atomic E-state index is 0.630. The number of aromatic nitrogens is 3. The maximum absolute atomic E-state index is 6.47. The standard InChI is InChI=1S/C31H17N3OS/c1-3-8-19(9-4-1)29-32-30(20-10-5-2-6-11-20)34-31(33-29)21-16-23-27-25(17-21)36-24-15-14-18-12-7-13-22(35-23)26(18)28(24)27/h1-17H. The predicted molar refractivity (Wildman–Crippen MR) is 147 cm³/mol. The van der Waals surface area contributed by atoms with Gasteiger partial charge in [-0.05, 0) is 29.7 Å². The molecule has 4 nitrogen and oxygen atoms in total. The Morgan fingerprint density at radius 3 is 1.83 bits per heavy atom. The van der Waals surface area contributed by atoms with Gasteiger partial charge in [0.25, 0.3) is 0 Å². The third-order valence-corrected chi connectivity index (χ3v) is 7.78. The van der Waals surface area contributed by atoms with Gasteiger partial charge in [0.2, 0.25) is 0 Å². The van der Waals surface area contributed by atoms with Crippen molar-refractivity contribution in [3.63, 3.8) is 0 Å². The Kier molecular flexibility index (Phi) is 4.07. The lowest BCUT2D eigenvalue weighted by molar-refractivity contribution is 0.493. The van der Waals surface area contributed by atoms with Crippen molar-refractivity contribution in [1.29, 1.82) is 0 Å². The van der Waals surface area contributed by atoms with Gasteiger partial charge in [-0.2, -0.15) is 0 Å². The van der Waals surface area contributed by atoms with Gasteiger partial charge in [0.05, 0.1) is 0 Å². The molecular formula is C31H17N3OS. The number of ether oxygens (including phenoxy) is 1. The van der Waals surface area contributed by atoms with Gasteiger partial charge in [-0.15, -0.1) is 11.3 Å². The summed E-state index contributed by atoms with van der Waals surface area (Å²) >= 11 is 1.78. The van der Waals surface area contributed by atoms with E-state index >= 15 is 0 Å². The molecule has 0 saturated carbocycles. The zero-order chi connectivity index (χ0) is 23.6. The number of hydrogen-bond acceptors (Lipinski definition) is 5. The third kappa shape index (κ3) is 2.90. The van der Waals surface area contributed by atoms with Crippen LogP contribution in [-0.4, -0.2) is 15.0 Å². The fourth-order valence-electron chi connectivity index (χ4n) is 5.05. The van der Waals surface area contributed by atoms with E-state index in [1.807, 2.05) is 72.8 Å². The number of rotatable bonds is 3. The van der Waals surface area contributed by atoms with E-state index < -0.39 is 0 Å². The molecule has 0 amide bonds. The molecule has 1 aliphatic heterocycles. The van der Waals surface area contributed by atoms with E-state index in [1.54, 1.807) is 11.3 Å². The lowest BCUT2D eigenvalue weighted by Crippen LogP contribution is -2.00. The van der Waals surface area contributed by atoms with Gasteiger partial charge in [0.15, 0.2) is 17.5 Å². The van der Waals surface area contributed by atoms with E-state index in [0.717, 1.165) is 28.2 Å². The van der Waals surface area contributed by atoms with Crippen molar-refractivity contribution < 1.29 is 4.74 Å². The molecule has 5 aromatic carbocycles. The van der Waals surface area contributed by atoms with Gasteiger partial charge >= 0.3 is 0 Å². The van der Waals surface area contributed by atoms with Crippen LogP contribution in [0.4, 0.5) is 0 Å². The number of nitrogens with zero attached hydrogens (tertiary/aromatic N) is 3. The largest absolute Gasteiger partial charge is 0.456 e. The first kappa shape index (κ1) is 19.7. The van der Waals surface area contributed by atoms with Crippen LogP contribution in [0.15, 0.2) is 103 Å². The SMILES string of the molecule is c1ccc(-c2nc(-c3ccccc3)nc(-c3cc4c5c(c3)sc3ccc6cccc(c6c35)O4)n2)cc1. The van der Waals surface area contributed by atoms with Crippen molar-refractivity contribution >= 4 is 42.3 Å². The van der Waals surface area contributed by atoms with Crippen LogP contribution in [0.3, 0.4) is 0 Å². The Balaban J connectivity index is 1.39. The summed E-state index contributed by atoms with van der Waals surface area (Å²) in [5.41, 5.74) is 2.82. The van der Waals surface area contributed by atoms with E-state index in [4.69, 9.17) is 19.7 Å². The lowest BCUT2D eigenvalue weighted by Gasteiger charge is -2.17. The van der Waals surface area contributed by atoms with Crippen LogP contribution in [0.2, 0.25) is 0 Å². The summed E-state index contributed by atoms with van der Waals surface area (Å²) in [5, 5.41) is 4.84. The van der Waals surface area contributed by atoms with Gasteiger partial charge in [0, 0.05) is 42.2 Å². The number of benzene rings is 5. The van der Waals surface area contributed by atoms with Crippen LogP contribution in [0.5, 0.6) is 11.5 Å². The molecule has 0 atom stereocenters. The zero-order valence-electron chi connectivity index (χ0n) is 19.0. The maximum Gasteiger partial charge on any atom is 0.164 e. The molecule has 3 heterocycles. The van der Waals surface area contributed by atoms with Crippen LogP contribution in [-0.2, 0) is 0 Å². The lowest BCUT2D eigenvalue weighted by atomic mass is 9.99. The molecule has 8 rings (SSSR count). The van der Waals surface area contributed by atoms with Crippen molar-refractivity contribution in [2.45, 2.75) is 0 Å². The van der Waals surface area contributed by atoms with Gasteiger partial charge in [0.1, 0.15) is 11.5 Å². The molecule has 0 N–H and O–H groups in total. The molecule has 0 radical (unpaired) electrons. The molecule has 0 unspecified atom stereocenters. The van der Waals surface area contributed by atoms with Gasteiger partial charge in [-0.25, -0.2) is 15.0 Å². The fourth-order valence-corrected chi connectivity index (χ4v) is 6.22. The van der Waals surface area contributed by atoms with Gasteiger partial charge < -0.3 is 4.74 Å². The Morgan fingerprint density at radius 2 is 1.14 bits per heavy atom. The van der Waals surface area contributed by atoms with Crippen molar-refractivity contribution in [1.82, 2.24) is 15.0 Å². The highest BCUT2D eigenvalue weighted by molar-refractivity contribution is 7.26. The summed E-state index contributed by atoms with van der Waals surface area (Å²) in [4.78, 5) is 14.7. The summed E-state index contributed by atoms with van der Waals surface area (Å²) in [5.74, 6) is 3.68. The summed E-state index contributed by atoms with van der Waals surface area (Å²) < 4.78 is 8.90. The molecule has 0 fully saturated rings. The van der Waals surface area contributed by atoms with E-state index in [-0.39, 0.29) is 0 Å². The smallest absolute Gasteiger partial charge is 0.164 e. The van der Waals surface area contributed by atoms with Crippen LogP contribution in [0.1, 0.15) is 0 Å². The number of thiophene rings is 1. The van der Waals surface area contributed by atoms with Crippen molar-refractivity contribution in [3.8, 4) is 45.7 Å². The molecule has 0 saturated heterocycles. The first-order valence-electron chi connectivity index (χ1n) is 11.8. The molecule has 5 heteroatoms. The highest BCUT2D eigenvalue weighted by Gasteiger charge is 2.23. The highest BCUT2D eigenvalue weighted by Crippen LogP contribution is 2.51. The molecule has 7 aromatic rings. The van der Waals surface area contributed by atoms with Crippen LogP contribution >= 0.6 is 11.3 Å². The fraction of sp³-hybridized carbons (Fsp3) is 0. The third-order valence-electron chi connectivity index (χ3n) is 6.68. The first-order valence-corrected chi connectivity index (χ1v) is 12.6. The summed E-state index contributed by atoms with van der Waals surface area (Å²) in [6, 6.07) is 35.0. The van der Waals surface area contributed by atoms with Crippen molar-refractivity contribution in [2.75, 3.05) is 0 Å². The van der Waals surface area contributed by atoms with Crippen LogP contribution in [0.25, 0.3) is 65.1 Å². The molecule has 2 aromatic heterocycles. The van der Waals surface area contributed by atoms with E-state index in [0.29, 0.717) is 17.5 Å². The Bertz CT molecular complexity index is 1910. The molecule has 1 aliphatic rings. The quantitative estimate of drug-likeness (QED) is 0.255. The van der Waals surface area contributed by atoms with Crippen molar-refractivity contribution in [3.05, 3.63) is 103 Å². The summed E-state index contributed by atoms with van der Waals surface area (Å²) in [6.45, 7) is 0. The maximum atomic E-state index is 6.47. The number of hydrogen-bond donors (Lipinski definition) is 0. The first-order chi connectivity index (χ1) is 17.8. The van der Waals surface area contributed by atoms with E-state index in [1.165, 1.54) is 30.9 Å². The summed E-state index contributed by atoms with van der Waals surface area (Å²) in [6.07, 6.45) is 0. The molecule has 36 heavy (non-hydrogen) atoms. The monoisotopic (exact) mass is 479 g/mol. The summed E-state index contributed by atoms with van der Waals surface area (Å²) in [7, 11) is 0. The van der Waals surface area contributed by atoms with E-state index in [2.05, 4.69) is 30.3 Å². The Labute approximate surface area is 210 Å². The zero-order valence-corrected chi connectivity index (χ0v) is 19.8. The minimum Gasteiger partial charge on any atom is -0.456 e. The molecule has 0 spiro atoms. The second kappa shape index (κ2) is 7.44. The topological polar surface area (TPSA) is 47.9 Å². The molecule has 0 aliphatic carbocycles.